The Bertz CT molecular complexity index is 417. The van der Waals surface area contributed by atoms with Gasteiger partial charge in [-0.3, -0.25) is 0 Å². The van der Waals surface area contributed by atoms with E-state index in [1.807, 2.05) is 18.2 Å². The molecule has 0 amide bonds. The highest BCUT2D eigenvalue weighted by atomic mass is 16.3. The van der Waals surface area contributed by atoms with E-state index in [9.17, 15) is 5.11 Å². The lowest BCUT2D eigenvalue weighted by atomic mass is 9.74. The first kappa shape index (κ1) is 15.5. The van der Waals surface area contributed by atoms with Crippen molar-refractivity contribution in [3.05, 3.63) is 35.9 Å². The first-order chi connectivity index (χ1) is 9.43. The highest BCUT2D eigenvalue weighted by molar-refractivity contribution is 5.24. The molecule has 1 N–H and O–H groups in total. The van der Waals surface area contributed by atoms with Crippen LogP contribution in [0.25, 0.3) is 0 Å². The summed E-state index contributed by atoms with van der Waals surface area (Å²) in [6.45, 7) is 11.1. The van der Waals surface area contributed by atoms with Crippen LogP contribution in [-0.4, -0.2) is 29.1 Å². The molecule has 2 heteroatoms. The SMILES string of the molecule is CC(C)CCN1C[C@@H](C)[C@](O)(c2ccccc2)C[C@@H]1C. The molecule has 1 fully saturated rings. The van der Waals surface area contributed by atoms with E-state index in [2.05, 4.69) is 44.7 Å². The molecule has 0 saturated carbocycles. The van der Waals surface area contributed by atoms with Crippen LogP contribution in [0.1, 0.15) is 46.1 Å². The molecular weight excluding hydrogens is 246 g/mol. The zero-order chi connectivity index (χ0) is 14.8. The smallest absolute Gasteiger partial charge is 0.0948 e. The third-order valence-corrected chi connectivity index (χ3v) is 4.82. The van der Waals surface area contributed by atoms with Gasteiger partial charge in [-0.05, 0) is 37.8 Å². The van der Waals surface area contributed by atoms with Crippen LogP contribution in [0.2, 0.25) is 0 Å². The average molecular weight is 275 g/mol. The van der Waals surface area contributed by atoms with Crippen molar-refractivity contribution in [1.82, 2.24) is 4.90 Å². The maximum Gasteiger partial charge on any atom is 0.0948 e. The Morgan fingerprint density at radius 3 is 2.50 bits per heavy atom. The molecule has 1 aromatic rings. The fourth-order valence-electron chi connectivity index (χ4n) is 3.33. The van der Waals surface area contributed by atoms with Gasteiger partial charge in [-0.1, -0.05) is 51.1 Å². The first-order valence-corrected chi connectivity index (χ1v) is 7.95. The molecule has 20 heavy (non-hydrogen) atoms. The zero-order valence-corrected chi connectivity index (χ0v) is 13.3. The zero-order valence-electron chi connectivity index (χ0n) is 13.3. The Morgan fingerprint density at radius 2 is 1.90 bits per heavy atom. The summed E-state index contributed by atoms with van der Waals surface area (Å²) >= 11 is 0. The average Bonchev–Trinajstić information content (AvgIpc) is 2.42. The minimum absolute atomic E-state index is 0.272. The number of rotatable bonds is 4. The fourth-order valence-corrected chi connectivity index (χ4v) is 3.33. The molecule has 1 aliphatic heterocycles. The maximum atomic E-state index is 11.2. The summed E-state index contributed by atoms with van der Waals surface area (Å²) in [6.07, 6.45) is 2.07. The molecule has 1 aromatic carbocycles. The second kappa shape index (κ2) is 6.28. The third kappa shape index (κ3) is 3.24. The van der Waals surface area contributed by atoms with Crippen molar-refractivity contribution >= 4 is 0 Å². The topological polar surface area (TPSA) is 23.5 Å². The van der Waals surface area contributed by atoms with E-state index in [4.69, 9.17) is 0 Å². The first-order valence-electron chi connectivity index (χ1n) is 7.95. The van der Waals surface area contributed by atoms with Gasteiger partial charge in [0.15, 0.2) is 0 Å². The molecule has 2 rings (SSSR count). The number of benzene rings is 1. The number of nitrogens with zero attached hydrogens (tertiary/aromatic N) is 1. The van der Waals surface area contributed by atoms with Gasteiger partial charge in [-0.2, -0.15) is 0 Å². The van der Waals surface area contributed by atoms with Gasteiger partial charge in [0.2, 0.25) is 0 Å². The van der Waals surface area contributed by atoms with Crippen molar-refractivity contribution in [3.63, 3.8) is 0 Å². The number of piperidine rings is 1. The van der Waals surface area contributed by atoms with Crippen molar-refractivity contribution in [2.45, 2.75) is 52.2 Å². The van der Waals surface area contributed by atoms with Crippen LogP contribution in [-0.2, 0) is 5.60 Å². The summed E-state index contributed by atoms with van der Waals surface area (Å²) in [5.74, 6) is 1.01. The number of likely N-dealkylation sites (tertiary alicyclic amines) is 1. The van der Waals surface area contributed by atoms with Gasteiger partial charge in [0.05, 0.1) is 5.60 Å². The molecule has 0 bridgehead atoms. The molecule has 0 spiro atoms. The van der Waals surface area contributed by atoms with E-state index >= 15 is 0 Å². The normalized spacial score (nSPS) is 31.7. The monoisotopic (exact) mass is 275 g/mol. The van der Waals surface area contributed by atoms with Gasteiger partial charge < -0.3 is 10.0 Å². The Labute approximate surface area is 123 Å². The molecule has 1 aliphatic rings. The lowest BCUT2D eigenvalue weighted by Gasteiger charge is -2.47. The minimum Gasteiger partial charge on any atom is -0.385 e. The molecule has 1 heterocycles. The van der Waals surface area contributed by atoms with Crippen LogP contribution in [0.5, 0.6) is 0 Å². The number of aliphatic hydroxyl groups is 1. The molecular formula is C18H29NO. The van der Waals surface area contributed by atoms with Crippen LogP contribution in [0.4, 0.5) is 0 Å². The number of hydrogen-bond donors (Lipinski definition) is 1. The Kier molecular flexibility index (Phi) is 4.87. The van der Waals surface area contributed by atoms with Gasteiger partial charge >= 0.3 is 0 Å². The van der Waals surface area contributed by atoms with E-state index in [0.29, 0.717) is 6.04 Å². The van der Waals surface area contributed by atoms with Crippen molar-refractivity contribution in [1.29, 1.82) is 0 Å². The van der Waals surface area contributed by atoms with Crippen molar-refractivity contribution in [2.24, 2.45) is 11.8 Å². The van der Waals surface area contributed by atoms with Crippen molar-refractivity contribution in [2.75, 3.05) is 13.1 Å². The highest BCUT2D eigenvalue weighted by Crippen LogP contribution is 2.39. The summed E-state index contributed by atoms with van der Waals surface area (Å²) in [6, 6.07) is 10.6. The lowest BCUT2D eigenvalue weighted by Crippen LogP contribution is -2.53. The molecule has 0 aliphatic carbocycles. The standard InChI is InChI=1S/C18H29NO/c1-14(2)10-11-19-13-15(3)18(20,12-16(19)4)17-8-6-5-7-9-17/h5-9,14-16,20H,10-13H2,1-4H3/t15-,16+,18+/m1/s1. The lowest BCUT2D eigenvalue weighted by molar-refractivity contribution is -0.0911. The second-order valence-corrected chi connectivity index (χ2v) is 6.92. The van der Waals surface area contributed by atoms with E-state index < -0.39 is 5.60 Å². The van der Waals surface area contributed by atoms with Gasteiger partial charge in [0, 0.05) is 18.5 Å². The molecule has 0 radical (unpaired) electrons. The van der Waals surface area contributed by atoms with Crippen molar-refractivity contribution in [3.8, 4) is 0 Å². The quantitative estimate of drug-likeness (QED) is 0.906. The Balaban J connectivity index is 2.09. The molecule has 2 nitrogen and oxygen atoms in total. The van der Waals surface area contributed by atoms with E-state index in [1.165, 1.54) is 6.42 Å². The molecule has 1 saturated heterocycles. The van der Waals surface area contributed by atoms with Gasteiger partial charge in [-0.15, -0.1) is 0 Å². The minimum atomic E-state index is -0.672. The fraction of sp³-hybridized carbons (Fsp3) is 0.667. The van der Waals surface area contributed by atoms with E-state index in [0.717, 1.165) is 31.0 Å². The summed E-state index contributed by atoms with van der Waals surface area (Å²) < 4.78 is 0. The van der Waals surface area contributed by atoms with E-state index in [1.54, 1.807) is 0 Å². The summed E-state index contributed by atoms with van der Waals surface area (Å²) in [5.41, 5.74) is 0.400. The summed E-state index contributed by atoms with van der Waals surface area (Å²) in [5, 5.41) is 11.2. The maximum absolute atomic E-state index is 11.2. The van der Waals surface area contributed by atoms with Crippen LogP contribution in [0.15, 0.2) is 30.3 Å². The predicted octanol–water partition coefficient (Wildman–Crippen LogP) is 3.65. The van der Waals surface area contributed by atoms with Gasteiger partial charge in [0.1, 0.15) is 0 Å². The highest BCUT2D eigenvalue weighted by Gasteiger charge is 2.42. The Morgan fingerprint density at radius 1 is 1.25 bits per heavy atom. The van der Waals surface area contributed by atoms with Gasteiger partial charge in [-0.25, -0.2) is 0 Å². The van der Waals surface area contributed by atoms with Crippen LogP contribution in [0, 0.1) is 11.8 Å². The van der Waals surface area contributed by atoms with Crippen LogP contribution >= 0.6 is 0 Å². The molecule has 3 atom stereocenters. The number of hydrogen-bond acceptors (Lipinski definition) is 2. The second-order valence-electron chi connectivity index (χ2n) is 6.92. The van der Waals surface area contributed by atoms with E-state index in [-0.39, 0.29) is 5.92 Å². The molecule has 112 valence electrons. The van der Waals surface area contributed by atoms with Crippen LogP contribution in [0.3, 0.4) is 0 Å². The van der Waals surface area contributed by atoms with Crippen molar-refractivity contribution < 1.29 is 5.11 Å². The van der Waals surface area contributed by atoms with Crippen LogP contribution < -0.4 is 0 Å². The molecule has 0 aromatic heterocycles. The largest absolute Gasteiger partial charge is 0.385 e. The predicted molar refractivity (Wildman–Crippen MR) is 84.6 cm³/mol. The van der Waals surface area contributed by atoms with Gasteiger partial charge in [0.25, 0.3) is 0 Å². The summed E-state index contributed by atoms with van der Waals surface area (Å²) in [4.78, 5) is 2.54. The third-order valence-electron chi connectivity index (χ3n) is 4.82. The molecule has 0 unspecified atom stereocenters. The summed E-state index contributed by atoms with van der Waals surface area (Å²) in [7, 11) is 0. The Hall–Kier alpha value is -0.860.